The van der Waals surface area contributed by atoms with Gasteiger partial charge in [0.1, 0.15) is 34.5 Å². The predicted octanol–water partition coefficient (Wildman–Crippen LogP) is 14.6. The first-order chi connectivity index (χ1) is 60.1. The van der Waals surface area contributed by atoms with Crippen LogP contribution >= 0.6 is 51.5 Å². The lowest BCUT2D eigenvalue weighted by Gasteiger charge is -2.26. The van der Waals surface area contributed by atoms with E-state index >= 15 is 0 Å². The number of para-hydroxylation sites is 2. The van der Waals surface area contributed by atoms with E-state index in [-0.39, 0.29) is 20.1 Å². The molecule has 0 radical (unpaired) electrons. The van der Waals surface area contributed by atoms with Crippen LogP contribution in [0.3, 0.4) is 0 Å². The monoisotopic (exact) mass is 1870 g/mol. The Morgan fingerprint density at radius 1 is 0.230 bits per heavy atom. The van der Waals surface area contributed by atoms with Crippen molar-refractivity contribution in [2.75, 3.05) is 70.7 Å². The molecule has 0 aliphatic rings. The number of hydrogen-bond acceptors (Lipinski definition) is 16. The summed E-state index contributed by atoms with van der Waals surface area (Å²) in [5.41, 5.74) is 6.57. The van der Waals surface area contributed by atoms with Crippen LogP contribution in [0.4, 0.5) is 0 Å². The Hall–Kier alpha value is -9.89. The molecule has 0 saturated carbocycles. The van der Waals surface area contributed by atoms with Gasteiger partial charge in [0.05, 0.1) is 60.7 Å². The van der Waals surface area contributed by atoms with Crippen LogP contribution in [0.25, 0.3) is 0 Å². The molecule has 0 spiro atoms. The molecule has 0 fully saturated rings. The summed E-state index contributed by atoms with van der Waals surface area (Å²) < 4.78 is 20.8. The van der Waals surface area contributed by atoms with Gasteiger partial charge in [-0.25, -0.2) is 0 Å². The highest BCUT2D eigenvalue weighted by atomic mass is 31.1. The van der Waals surface area contributed by atoms with Crippen molar-refractivity contribution in [2.24, 2.45) is 30.0 Å². The standard InChI is InChI=1S/C20H30NOPSi2.2C17H22NOPSi.C16H18NO3P.2C15H16NO2P/c1-21-14-15-10-8-9-11-17(15)23-18-12-16(24(2,3)4)13-19(20(18)22)25(5,6)7;1-18-12-13-8-5-6-9-14(13)20-15-10-7-11-16(17(15)19)21(2,3)4;1-18-12-13-7-5-6-8-16(13)20-17-11-14(21(2,3)4)9-10-15(17)19;1-17-10-11-6-4-5-7-14(11)21-15-9-12(19-2)8-13(20-3)16(15)18;1-16-10-11-6-3-4-8-13(11)19-14-9-5-7-12(18-2)15(14)17;1-16-10-11-5-3-4-6-14(11)19-15-9-12(18-2)7-8-13(15)17/h8-14,22-23H,1-7H3;2*5-12,19-20H,1-4H3;4-10,18,21H,1-3H3;2*3-10,17,19H,1-2H3. The third kappa shape index (κ3) is 31.3. The summed E-state index contributed by atoms with van der Waals surface area (Å²) in [5.74, 6) is 4.38. The molecule has 126 heavy (non-hydrogen) atoms. The number of ether oxygens (including phenoxy) is 4. The van der Waals surface area contributed by atoms with Gasteiger partial charge in [0.25, 0.3) is 0 Å². The molecule has 660 valence electrons. The number of methoxy groups -OCH3 is 4. The summed E-state index contributed by atoms with van der Waals surface area (Å²) in [6.07, 6.45) is 11.1. The minimum Gasteiger partial charge on any atom is -0.507 e. The third-order valence-electron chi connectivity index (χ3n) is 19.4. The van der Waals surface area contributed by atoms with Crippen molar-refractivity contribution in [1.29, 1.82) is 0 Å². The van der Waals surface area contributed by atoms with E-state index in [0.29, 0.717) is 83.2 Å². The summed E-state index contributed by atoms with van der Waals surface area (Å²) in [6, 6.07) is 80.0. The Labute approximate surface area is 762 Å². The van der Waals surface area contributed by atoms with Crippen LogP contribution in [0.1, 0.15) is 33.4 Å². The predicted molar refractivity (Wildman–Crippen MR) is 572 cm³/mol. The Morgan fingerprint density at radius 2 is 0.516 bits per heavy atom. The van der Waals surface area contributed by atoms with Gasteiger partial charge in [-0.15, -0.1) is 0 Å². The van der Waals surface area contributed by atoms with Crippen molar-refractivity contribution in [3.05, 3.63) is 276 Å². The Balaban J connectivity index is 0.000000208. The quantitative estimate of drug-likeness (QED) is 0.0170. The highest BCUT2D eigenvalue weighted by molar-refractivity contribution is 7.57. The van der Waals surface area contributed by atoms with Crippen molar-refractivity contribution < 1.29 is 49.6 Å². The lowest BCUT2D eigenvalue weighted by Crippen LogP contribution is -2.47. The van der Waals surface area contributed by atoms with Crippen molar-refractivity contribution >= 4 is 205 Å². The molecule has 0 bridgehead atoms. The normalized spacial score (nSPS) is 12.2. The van der Waals surface area contributed by atoms with E-state index in [1.807, 2.05) is 177 Å². The van der Waals surface area contributed by atoms with Crippen molar-refractivity contribution in [1.82, 2.24) is 0 Å². The second kappa shape index (κ2) is 50.6. The first-order valence-electron chi connectivity index (χ1n) is 41.0. The average molecular weight is 1870 g/mol. The number of hydrogen-bond donors (Lipinski definition) is 6. The molecule has 16 nitrogen and oxygen atoms in total. The zero-order valence-corrected chi connectivity index (χ0v) is 86.6. The van der Waals surface area contributed by atoms with E-state index < -0.39 is 32.3 Å². The first kappa shape index (κ1) is 103. The molecule has 6 N–H and O–H groups in total. The molecule has 6 unspecified atom stereocenters. The summed E-state index contributed by atoms with van der Waals surface area (Å²) >= 11 is 0. The van der Waals surface area contributed by atoms with Gasteiger partial charge >= 0.3 is 0 Å². The van der Waals surface area contributed by atoms with Crippen molar-refractivity contribution in [3.63, 3.8) is 0 Å². The number of benzene rings is 12. The van der Waals surface area contributed by atoms with E-state index in [4.69, 9.17) is 18.9 Å². The number of phenolic OH excluding ortho intramolecular Hbond substituents is 6. The first-order valence-corrected chi connectivity index (χ1v) is 61.0. The fraction of sp³-hybridized carbons (Fsp3) is 0.220. The van der Waals surface area contributed by atoms with Gasteiger partial charge < -0.3 is 49.6 Å². The second-order valence-electron chi connectivity index (χ2n) is 32.9. The average Bonchev–Trinajstić information content (AvgIpc) is 0.792. The maximum atomic E-state index is 11.0. The molecule has 0 saturated heterocycles. The fourth-order valence-corrected chi connectivity index (χ4v) is 25.7. The smallest absolute Gasteiger partial charge is 0.165 e. The molecule has 12 aromatic rings. The van der Waals surface area contributed by atoms with E-state index in [0.717, 1.165) is 92.1 Å². The highest BCUT2D eigenvalue weighted by Gasteiger charge is 2.28. The van der Waals surface area contributed by atoms with Crippen LogP contribution < -0.4 is 103 Å². The third-order valence-corrected chi connectivity index (χ3v) is 35.8. The van der Waals surface area contributed by atoms with Crippen LogP contribution in [-0.4, -0.2) is 171 Å². The minimum absolute atomic E-state index is 0.153. The lowest BCUT2D eigenvalue weighted by atomic mass is 10.2. The van der Waals surface area contributed by atoms with E-state index in [2.05, 4.69) is 187 Å². The summed E-state index contributed by atoms with van der Waals surface area (Å²) in [7, 11) is 13.3. The number of aliphatic imine (C=N–C) groups is 6. The minimum atomic E-state index is -1.62. The van der Waals surface area contributed by atoms with E-state index in [9.17, 15) is 30.6 Å². The number of phenols is 6. The van der Waals surface area contributed by atoms with E-state index in [1.165, 1.54) is 38.6 Å². The molecular formula is C100H124N6O10P6Si4. The molecule has 26 heteroatoms. The van der Waals surface area contributed by atoms with Gasteiger partial charge in [0, 0.05) is 117 Å². The molecule has 0 aromatic heterocycles. The van der Waals surface area contributed by atoms with Gasteiger partial charge in [0.2, 0.25) is 0 Å². The molecule has 0 amide bonds. The lowest BCUT2D eigenvalue weighted by molar-refractivity contribution is 0.366. The van der Waals surface area contributed by atoms with Crippen LogP contribution in [0.5, 0.6) is 57.5 Å². The van der Waals surface area contributed by atoms with Gasteiger partial charge in [-0.3, -0.25) is 30.0 Å². The van der Waals surface area contributed by atoms with E-state index in [1.54, 1.807) is 87.9 Å². The SMILES string of the molecule is CN=Cc1ccccc1Pc1cc(OC)cc(OC)c1O.CN=Cc1ccccc1Pc1cc(OC)ccc1O.CN=Cc1ccccc1Pc1cc([Si](C)(C)C)cc([Si](C)(C)C)c1O.CN=Cc1ccccc1Pc1cc([Si](C)(C)C)ccc1O.CN=Cc1ccccc1Pc1cccc(OC)c1O.CN=Cc1ccccc1Pc1cccc([Si](C)(C)C)c1O. The molecule has 12 rings (SSSR count). The van der Waals surface area contributed by atoms with Gasteiger partial charge in [-0.2, -0.15) is 0 Å². The molecule has 0 aliphatic carbocycles. The van der Waals surface area contributed by atoms with Crippen LogP contribution in [0.15, 0.2) is 273 Å². The maximum Gasteiger partial charge on any atom is 0.165 e. The Kier molecular flexibility index (Phi) is 41.4. The molecule has 0 aliphatic heterocycles. The van der Waals surface area contributed by atoms with Gasteiger partial charge in [-0.05, 0) is 112 Å². The Morgan fingerprint density at radius 3 is 0.865 bits per heavy atom. The Bertz CT molecular complexity index is 5660. The van der Waals surface area contributed by atoms with Gasteiger partial charge in [0.15, 0.2) is 23.0 Å². The molecule has 6 atom stereocenters. The topological polar surface area (TPSA) is 232 Å². The van der Waals surface area contributed by atoms with Crippen LogP contribution in [0.2, 0.25) is 78.6 Å². The summed E-state index contributed by atoms with van der Waals surface area (Å²) in [6.45, 7) is 27.8. The van der Waals surface area contributed by atoms with Crippen molar-refractivity contribution in [3.8, 4) is 57.5 Å². The van der Waals surface area contributed by atoms with Crippen LogP contribution in [-0.2, 0) is 0 Å². The highest BCUT2D eigenvalue weighted by Crippen LogP contribution is 2.35. The zero-order valence-electron chi connectivity index (χ0n) is 76.6. The number of nitrogens with zero attached hydrogens (tertiary/aromatic N) is 6. The van der Waals surface area contributed by atoms with Crippen LogP contribution in [0, 0.1) is 0 Å². The number of aromatic hydroxyl groups is 6. The molecule has 0 heterocycles. The summed E-state index contributed by atoms with van der Waals surface area (Å²) in [5, 5.41) is 80.0. The number of rotatable bonds is 26. The summed E-state index contributed by atoms with van der Waals surface area (Å²) in [4.78, 5) is 24.6. The zero-order chi connectivity index (χ0) is 92.3. The fourth-order valence-electron chi connectivity index (χ4n) is 12.6. The van der Waals surface area contributed by atoms with Gasteiger partial charge in [-0.1, -0.05) is 341 Å². The molecule has 12 aromatic carbocycles. The molecular weight excluding hydrogens is 1740 g/mol. The largest absolute Gasteiger partial charge is 0.507 e. The second-order valence-corrected chi connectivity index (χ2v) is 61.1. The maximum absolute atomic E-state index is 11.0. The van der Waals surface area contributed by atoms with Crippen molar-refractivity contribution in [2.45, 2.75) is 78.6 Å².